The first kappa shape index (κ1) is 47.3. The normalized spacial score (nSPS) is 48.2. The summed E-state index contributed by atoms with van der Waals surface area (Å²) in [5, 5.41) is 45.7. The molecule has 0 radical (unpaired) electrons. The SMILES string of the molecule is CCOC[C@@H]1C(=O)[C@@]23[C@H](O)C[C@@H]4C(C)(C)[C@@H](OC(C)=O)CC[C@@]4(C)[C@@H]2C(=O)C[C@@H]1[C@H]3O.CCOC[C@@H]1C(=O)[C@@]23[C@H](O)C[C@@H]4C(C)(C)[C@@H](OC(C)=O)CC[C@@]4(C)[C@@H]2C(=O)C[C@@H]1[C@H]3O. The lowest BCUT2D eigenvalue weighted by Crippen LogP contribution is -2.70. The van der Waals surface area contributed by atoms with Crippen LogP contribution in [0.3, 0.4) is 0 Å². The van der Waals surface area contributed by atoms with E-state index in [0.29, 0.717) is 51.7 Å². The van der Waals surface area contributed by atoms with Crippen LogP contribution in [-0.4, -0.2) is 119 Å². The molecule has 8 aliphatic carbocycles. The van der Waals surface area contributed by atoms with Gasteiger partial charge in [-0.3, -0.25) is 28.8 Å². The molecule has 0 amide bonds. The Morgan fingerprint density at radius 2 is 0.935 bits per heavy atom. The Balaban J connectivity index is 0.000000186. The Morgan fingerprint density at radius 1 is 0.597 bits per heavy atom. The van der Waals surface area contributed by atoms with Gasteiger partial charge in [-0.25, -0.2) is 0 Å². The highest BCUT2D eigenvalue weighted by Crippen LogP contribution is 2.72. The van der Waals surface area contributed by atoms with Crippen molar-refractivity contribution < 1.29 is 68.1 Å². The number of carbonyl (C=O) groups is 6. The summed E-state index contributed by atoms with van der Waals surface area (Å²) in [6.07, 6.45) is -1.71. The minimum Gasteiger partial charge on any atom is -0.462 e. The predicted molar refractivity (Wildman–Crippen MR) is 222 cm³/mol. The van der Waals surface area contributed by atoms with Crippen LogP contribution in [0.4, 0.5) is 0 Å². The average molecular weight is 873 g/mol. The van der Waals surface area contributed by atoms with E-state index < -0.39 is 92.4 Å². The van der Waals surface area contributed by atoms with E-state index >= 15 is 0 Å². The summed E-state index contributed by atoms with van der Waals surface area (Å²) in [4.78, 5) is 78.1. The molecule has 0 saturated heterocycles. The Labute approximate surface area is 365 Å². The van der Waals surface area contributed by atoms with Crippen molar-refractivity contribution in [2.24, 2.45) is 79.8 Å². The van der Waals surface area contributed by atoms with Crippen molar-refractivity contribution in [3.63, 3.8) is 0 Å². The molecule has 0 aliphatic heterocycles. The van der Waals surface area contributed by atoms with E-state index in [1.807, 2.05) is 55.4 Å². The maximum Gasteiger partial charge on any atom is 0.302 e. The van der Waals surface area contributed by atoms with Gasteiger partial charge in [-0.15, -0.1) is 0 Å². The zero-order chi connectivity index (χ0) is 45.9. The number of ketones is 4. The van der Waals surface area contributed by atoms with Crippen molar-refractivity contribution in [3.8, 4) is 0 Å². The van der Waals surface area contributed by atoms with E-state index in [1.165, 1.54) is 13.8 Å². The number of aliphatic hydroxyl groups excluding tert-OH is 4. The summed E-state index contributed by atoms with van der Waals surface area (Å²) in [7, 11) is 0. The van der Waals surface area contributed by atoms with Crippen LogP contribution in [0.1, 0.15) is 121 Å². The number of ether oxygens (including phenoxy) is 4. The van der Waals surface area contributed by atoms with E-state index in [4.69, 9.17) is 18.9 Å². The van der Waals surface area contributed by atoms with Crippen molar-refractivity contribution in [2.45, 2.75) is 157 Å². The number of carbonyl (C=O) groups excluding carboxylic acids is 6. The molecular formula is C48H72O14. The third kappa shape index (κ3) is 6.36. The highest BCUT2D eigenvalue weighted by atomic mass is 16.5. The van der Waals surface area contributed by atoms with Crippen molar-refractivity contribution in [3.05, 3.63) is 0 Å². The average Bonchev–Trinajstić information content (AvgIpc) is 3.38. The molecule has 0 aromatic heterocycles. The molecule has 348 valence electrons. The van der Waals surface area contributed by atoms with Crippen LogP contribution < -0.4 is 0 Å². The number of aliphatic hydroxyl groups is 4. The van der Waals surface area contributed by atoms with Crippen LogP contribution in [0, 0.1) is 79.8 Å². The lowest BCUT2D eigenvalue weighted by atomic mass is 9.39. The molecule has 4 bridgehead atoms. The molecule has 0 aromatic carbocycles. The molecule has 8 fully saturated rings. The third-order valence-corrected chi connectivity index (χ3v) is 18.7. The van der Waals surface area contributed by atoms with Gasteiger partial charge >= 0.3 is 11.9 Å². The molecule has 0 heterocycles. The molecule has 0 unspecified atom stereocenters. The van der Waals surface area contributed by atoms with E-state index in [1.54, 1.807) is 0 Å². The fourth-order valence-electron chi connectivity index (χ4n) is 16.3. The summed E-state index contributed by atoms with van der Waals surface area (Å²) in [6, 6.07) is 0. The first-order chi connectivity index (χ1) is 28.9. The minimum atomic E-state index is -1.46. The van der Waals surface area contributed by atoms with Gasteiger partial charge in [-0.2, -0.15) is 0 Å². The second-order valence-electron chi connectivity index (χ2n) is 22.1. The lowest BCUT2D eigenvalue weighted by Gasteiger charge is -2.65. The van der Waals surface area contributed by atoms with Crippen LogP contribution in [-0.2, 0) is 47.7 Å². The summed E-state index contributed by atoms with van der Waals surface area (Å²) < 4.78 is 22.3. The molecule has 62 heavy (non-hydrogen) atoms. The van der Waals surface area contributed by atoms with Gasteiger partial charge in [0, 0.05) is 86.2 Å². The Hall–Kier alpha value is -2.62. The Kier molecular flexibility index (Phi) is 12.3. The first-order valence-corrected chi connectivity index (χ1v) is 23.2. The molecule has 8 saturated carbocycles. The van der Waals surface area contributed by atoms with Gasteiger partial charge in [0.2, 0.25) is 0 Å². The fraction of sp³-hybridized carbons (Fsp3) is 0.875. The zero-order valence-electron chi connectivity index (χ0n) is 38.4. The van der Waals surface area contributed by atoms with Crippen LogP contribution >= 0.6 is 0 Å². The van der Waals surface area contributed by atoms with Gasteiger partial charge in [0.15, 0.2) is 11.6 Å². The van der Waals surface area contributed by atoms with E-state index in [2.05, 4.69) is 0 Å². The van der Waals surface area contributed by atoms with Crippen molar-refractivity contribution in [1.29, 1.82) is 0 Å². The quantitative estimate of drug-likeness (QED) is 0.255. The molecule has 8 aliphatic rings. The molecule has 2 spiro atoms. The zero-order valence-corrected chi connectivity index (χ0v) is 38.4. The van der Waals surface area contributed by atoms with Gasteiger partial charge in [-0.05, 0) is 75.0 Å². The summed E-state index contributed by atoms with van der Waals surface area (Å²) in [5.41, 5.74) is -5.02. The van der Waals surface area contributed by atoms with E-state index in [0.717, 1.165) is 0 Å². The highest BCUT2D eigenvalue weighted by molar-refractivity contribution is 6.02. The molecule has 0 aromatic rings. The maximum absolute atomic E-state index is 13.8. The number of hydrogen-bond donors (Lipinski definition) is 4. The molecule has 8 rings (SSSR count). The van der Waals surface area contributed by atoms with E-state index in [9.17, 15) is 49.2 Å². The number of Topliss-reactive ketones (excluding diaryl/α,β-unsaturated/α-hetero) is 4. The van der Waals surface area contributed by atoms with Crippen LogP contribution in [0.25, 0.3) is 0 Å². The maximum atomic E-state index is 13.8. The monoisotopic (exact) mass is 872 g/mol. The number of fused-ring (bicyclic) bond motifs is 6. The standard InChI is InChI=1S/2C24H36O7/c2*1-6-30-11-14-13-9-15(26)19-23(5)8-7-18(31-12(2)25)22(3,4)16(23)10-17(27)24(19,20(13)28)21(14)29/h2*13-14,16-20,27-28H,6-11H2,1-5H3/t2*13-,14-,16+,17+,18-,19-,20+,23+,24-/m00/s1. The number of hydrogen-bond acceptors (Lipinski definition) is 14. The lowest BCUT2D eigenvalue weighted by molar-refractivity contribution is -0.236. The molecular weight excluding hydrogens is 801 g/mol. The van der Waals surface area contributed by atoms with Gasteiger partial charge < -0.3 is 39.4 Å². The number of esters is 2. The summed E-state index contributed by atoms with van der Waals surface area (Å²) >= 11 is 0. The first-order valence-electron chi connectivity index (χ1n) is 23.2. The summed E-state index contributed by atoms with van der Waals surface area (Å²) in [6.45, 7) is 19.9. The molecule has 14 heteroatoms. The summed E-state index contributed by atoms with van der Waals surface area (Å²) in [5.74, 6) is -5.02. The van der Waals surface area contributed by atoms with Crippen molar-refractivity contribution in [1.82, 2.24) is 0 Å². The van der Waals surface area contributed by atoms with Crippen molar-refractivity contribution >= 4 is 35.1 Å². The van der Waals surface area contributed by atoms with Gasteiger partial charge in [0.1, 0.15) is 23.8 Å². The van der Waals surface area contributed by atoms with Gasteiger partial charge in [0.25, 0.3) is 0 Å². The van der Waals surface area contributed by atoms with Crippen LogP contribution in [0.2, 0.25) is 0 Å². The highest BCUT2D eigenvalue weighted by Gasteiger charge is 2.79. The largest absolute Gasteiger partial charge is 0.462 e. The Bertz CT molecular complexity index is 1710. The molecule has 18 atom stereocenters. The van der Waals surface area contributed by atoms with E-state index in [-0.39, 0.29) is 85.2 Å². The minimum absolute atomic E-state index is 0.0318. The predicted octanol–water partition coefficient (Wildman–Crippen LogP) is 3.83. The third-order valence-electron chi connectivity index (χ3n) is 18.7. The second kappa shape index (κ2) is 16.1. The number of rotatable bonds is 8. The van der Waals surface area contributed by atoms with Crippen LogP contribution in [0.5, 0.6) is 0 Å². The fourth-order valence-corrected chi connectivity index (χ4v) is 16.3. The second-order valence-corrected chi connectivity index (χ2v) is 22.1. The molecule has 4 N–H and O–H groups in total. The topological polar surface area (TPSA) is 220 Å². The molecule has 14 nitrogen and oxygen atoms in total. The van der Waals surface area contributed by atoms with Gasteiger partial charge in [-0.1, -0.05) is 41.5 Å². The smallest absolute Gasteiger partial charge is 0.302 e. The van der Waals surface area contributed by atoms with Crippen LogP contribution in [0.15, 0.2) is 0 Å². The van der Waals surface area contributed by atoms with Gasteiger partial charge in [0.05, 0.1) is 48.5 Å². The Morgan fingerprint density at radius 3 is 1.24 bits per heavy atom. The van der Waals surface area contributed by atoms with Crippen molar-refractivity contribution in [2.75, 3.05) is 26.4 Å².